The van der Waals surface area contributed by atoms with Crippen LogP contribution in [0.2, 0.25) is 0 Å². The van der Waals surface area contributed by atoms with Crippen LogP contribution in [0.15, 0.2) is 63.5 Å². The molecule has 0 atom stereocenters. The molecule has 3 aromatic rings. The third-order valence-electron chi connectivity index (χ3n) is 6.95. The molecule has 0 saturated carbocycles. The molecule has 0 bridgehead atoms. The molecule has 2 aliphatic rings. The lowest BCUT2D eigenvalue weighted by molar-refractivity contribution is 0.0223. The van der Waals surface area contributed by atoms with Gasteiger partial charge >= 0.3 is 5.97 Å². The second kappa shape index (κ2) is 13.7. The minimum absolute atomic E-state index is 0.378. The summed E-state index contributed by atoms with van der Waals surface area (Å²) in [7, 11) is 0. The smallest absolute Gasteiger partial charge is 0.340 e. The quantitative estimate of drug-likeness (QED) is 0.0960. The topological polar surface area (TPSA) is 63.2 Å². The molecule has 0 N–H and O–H groups in total. The molecule has 0 aromatic heterocycles. The number of halogens is 3. The van der Waals surface area contributed by atoms with Crippen LogP contribution in [0.4, 0.5) is 0 Å². The van der Waals surface area contributed by atoms with E-state index in [-0.39, 0.29) is 5.97 Å². The summed E-state index contributed by atoms with van der Waals surface area (Å²) in [6.45, 7) is 2.98. The molecule has 9 heteroatoms. The fraction of sp³-hybridized carbons (Fsp3) is 0.387. The van der Waals surface area contributed by atoms with Crippen molar-refractivity contribution in [1.29, 1.82) is 0 Å². The highest BCUT2D eigenvalue weighted by atomic mass is 79.9. The Morgan fingerprint density at radius 1 is 0.700 bits per heavy atom. The molecule has 6 nitrogen and oxygen atoms in total. The first-order valence-corrected chi connectivity index (χ1v) is 15.6. The molecule has 40 heavy (non-hydrogen) atoms. The first kappa shape index (κ1) is 29.4. The first-order valence-electron chi connectivity index (χ1n) is 13.5. The van der Waals surface area contributed by atoms with E-state index in [1.165, 1.54) is 0 Å². The summed E-state index contributed by atoms with van der Waals surface area (Å²) < 4.78 is 31.6. The van der Waals surface area contributed by atoms with Gasteiger partial charge in [0.05, 0.1) is 25.4 Å². The van der Waals surface area contributed by atoms with Crippen molar-refractivity contribution in [3.63, 3.8) is 0 Å². The van der Waals surface area contributed by atoms with E-state index >= 15 is 0 Å². The third kappa shape index (κ3) is 6.36. The molecule has 2 aliphatic heterocycles. The summed E-state index contributed by atoms with van der Waals surface area (Å²) in [5.41, 5.74) is 1.64. The van der Waals surface area contributed by atoms with Crippen molar-refractivity contribution in [1.82, 2.24) is 0 Å². The van der Waals surface area contributed by atoms with Crippen LogP contribution in [0.1, 0.15) is 59.2 Å². The van der Waals surface area contributed by atoms with Gasteiger partial charge in [0, 0.05) is 51.2 Å². The Balaban J connectivity index is 1.22. The van der Waals surface area contributed by atoms with Crippen LogP contribution in [0.25, 0.3) is 0 Å². The molecule has 1 spiro atoms. The van der Waals surface area contributed by atoms with Crippen LogP contribution in [0.3, 0.4) is 0 Å². The van der Waals surface area contributed by atoms with Crippen LogP contribution in [0, 0.1) is 0 Å². The Labute approximate surface area is 256 Å². The maximum Gasteiger partial charge on any atom is 0.340 e. The van der Waals surface area contributed by atoms with Gasteiger partial charge in [-0.25, -0.2) is 4.79 Å². The fourth-order valence-electron chi connectivity index (χ4n) is 5.06. The predicted octanol–water partition coefficient (Wildman–Crippen LogP) is 8.38. The monoisotopic (exact) mass is 692 g/mol. The minimum atomic E-state index is -1.14. The number of esters is 1. The van der Waals surface area contributed by atoms with Gasteiger partial charge in [0.2, 0.25) is 0 Å². The van der Waals surface area contributed by atoms with Crippen LogP contribution < -0.4 is 9.47 Å². The molecular formula is C31H31Br2ClO6. The number of carbonyl (C=O) groups is 1. The van der Waals surface area contributed by atoms with Gasteiger partial charge in [-0.1, -0.05) is 44.7 Å². The number of alkyl halides is 1. The van der Waals surface area contributed by atoms with Crippen molar-refractivity contribution >= 4 is 49.4 Å². The van der Waals surface area contributed by atoms with Crippen LogP contribution in [0.5, 0.6) is 17.2 Å². The van der Waals surface area contributed by atoms with E-state index in [1.54, 1.807) is 6.07 Å². The highest BCUT2D eigenvalue weighted by molar-refractivity contribution is 9.10. The number of benzene rings is 3. The summed E-state index contributed by atoms with van der Waals surface area (Å²) in [4.78, 5) is 13.1. The summed E-state index contributed by atoms with van der Waals surface area (Å²) in [5.74, 6) is 2.27. The first-order chi connectivity index (χ1) is 19.5. The van der Waals surface area contributed by atoms with Gasteiger partial charge in [-0.05, 0) is 67.4 Å². The second-order valence-electron chi connectivity index (χ2n) is 9.69. The number of unbranched alkanes of at least 4 members (excludes halogenated alkanes) is 3. The Hall–Kier alpha value is -2.10. The zero-order valence-corrected chi connectivity index (χ0v) is 26.0. The molecule has 5 rings (SSSR count). The van der Waals surface area contributed by atoms with E-state index in [0.717, 1.165) is 70.2 Å². The molecule has 0 saturated heterocycles. The fourth-order valence-corrected chi connectivity index (χ4v) is 5.93. The highest BCUT2D eigenvalue weighted by Crippen LogP contribution is 2.57. The molecule has 0 aliphatic carbocycles. The lowest BCUT2D eigenvalue weighted by atomic mass is 9.77. The number of hydrogen-bond donors (Lipinski definition) is 0. The Morgan fingerprint density at radius 3 is 2.02 bits per heavy atom. The third-order valence-corrected chi connectivity index (χ3v) is 8.20. The van der Waals surface area contributed by atoms with Crippen LogP contribution >= 0.6 is 43.5 Å². The minimum Gasteiger partial charge on any atom is -0.493 e. The summed E-state index contributed by atoms with van der Waals surface area (Å²) in [6.07, 6.45) is 5.17. The highest BCUT2D eigenvalue weighted by Gasteiger charge is 2.53. The molecule has 0 radical (unpaired) electrons. The normalized spacial score (nSPS) is 14.3. The number of rotatable bonds is 14. The van der Waals surface area contributed by atoms with Crippen molar-refractivity contribution in [2.75, 3.05) is 38.9 Å². The van der Waals surface area contributed by atoms with Gasteiger partial charge in [0.15, 0.2) is 5.60 Å². The number of hydrogen-bond acceptors (Lipinski definition) is 6. The molecule has 212 valence electrons. The lowest BCUT2D eigenvalue weighted by Gasteiger charge is -2.36. The number of ether oxygens (including phenoxy) is 5. The average molecular weight is 695 g/mol. The molecule has 3 aromatic carbocycles. The van der Waals surface area contributed by atoms with E-state index in [1.807, 2.05) is 48.5 Å². The number of carbonyl (C=O) groups excluding carboxylic acids is 1. The van der Waals surface area contributed by atoms with Crippen LogP contribution in [-0.4, -0.2) is 44.9 Å². The van der Waals surface area contributed by atoms with E-state index in [2.05, 4.69) is 31.9 Å². The zero-order chi connectivity index (χ0) is 28.0. The summed E-state index contributed by atoms with van der Waals surface area (Å²) in [5, 5.41) is 0. The van der Waals surface area contributed by atoms with Gasteiger partial charge in [0.25, 0.3) is 0 Å². The van der Waals surface area contributed by atoms with E-state index < -0.39 is 5.60 Å². The van der Waals surface area contributed by atoms with Gasteiger partial charge in [-0.3, -0.25) is 0 Å². The van der Waals surface area contributed by atoms with E-state index in [4.69, 9.17) is 35.3 Å². The van der Waals surface area contributed by atoms with Gasteiger partial charge < -0.3 is 23.7 Å². The van der Waals surface area contributed by atoms with Crippen LogP contribution in [-0.2, 0) is 19.8 Å². The van der Waals surface area contributed by atoms with Crippen molar-refractivity contribution in [3.05, 3.63) is 85.8 Å². The van der Waals surface area contributed by atoms with Gasteiger partial charge in [0.1, 0.15) is 17.2 Å². The van der Waals surface area contributed by atoms with Gasteiger partial charge in [-0.15, -0.1) is 11.6 Å². The molecule has 0 amide bonds. The summed E-state index contributed by atoms with van der Waals surface area (Å²) in [6, 6.07) is 17.0. The molecule has 2 heterocycles. The average Bonchev–Trinajstić information content (AvgIpc) is 3.22. The maximum atomic E-state index is 13.1. The molecule has 0 unspecified atom stereocenters. The lowest BCUT2D eigenvalue weighted by Crippen LogP contribution is -2.33. The maximum absolute atomic E-state index is 13.1. The Morgan fingerprint density at radius 2 is 1.35 bits per heavy atom. The van der Waals surface area contributed by atoms with E-state index in [9.17, 15) is 4.79 Å². The summed E-state index contributed by atoms with van der Waals surface area (Å²) >= 11 is 12.8. The molecular weight excluding hydrogens is 664 g/mol. The second-order valence-corrected chi connectivity index (χ2v) is 11.9. The number of fused-ring (bicyclic) bond motifs is 6. The largest absolute Gasteiger partial charge is 0.493 e. The predicted molar refractivity (Wildman–Crippen MR) is 161 cm³/mol. The zero-order valence-electron chi connectivity index (χ0n) is 22.1. The Kier molecular flexibility index (Phi) is 10.1. The standard InChI is InChI=1S/C31H31Br2ClO6/c32-21-6-10-25-28(18-21)39-29-19-22(33)7-11-26(29)31(25)27-20-23(8-9-24(27)30(35)40-31)38-15-5-14-37-17-16-36-13-4-2-1-3-12-34/h6-11,18-20H,1-5,12-17H2. The van der Waals surface area contributed by atoms with E-state index in [0.29, 0.717) is 49.2 Å². The van der Waals surface area contributed by atoms with Crippen molar-refractivity contribution in [3.8, 4) is 17.2 Å². The molecule has 0 fully saturated rings. The van der Waals surface area contributed by atoms with Gasteiger partial charge in [-0.2, -0.15) is 0 Å². The van der Waals surface area contributed by atoms with Crippen molar-refractivity contribution < 1.29 is 28.5 Å². The van der Waals surface area contributed by atoms with Crippen molar-refractivity contribution in [2.24, 2.45) is 0 Å². The SMILES string of the molecule is O=C1OC2(c3ccc(Br)cc3Oc3cc(Br)ccc32)c2cc(OCCCOCCOCCCCCCCl)ccc21. The Bertz CT molecular complexity index is 1300. The van der Waals surface area contributed by atoms with Crippen molar-refractivity contribution in [2.45, 2.75) is 37.7 Å².